The van der Waals surface area contributed by atoms with Crippen molar-refractivity contribution in [1.29, 1.82) is 0 Å². The number of sulfonamides is 1. The Morgan fingerprint density at radius 2 is 1.95 bits per heavy atom. The summed E-state index contributed by atoms with van der Waals surface area (Å²) >= 11 is 0. The maximum atomic E-state index is 12.0. The Bertz CT molecular complexity index is 560. The van der Waals surface area contributed by atoms with Crippen LogP contribution >= 0.6 is 0 Å². The van der Waals surface area contributed by atoms with Crippen molar-refractivity contribution in [3.05, 3.63) is 35.9 Å². The van der Waals surface area contributed by atoms with Gasteiger partial charge in [0, 0.05) is 32.7 Å². The summed E-state index contributed by atoms with van der Waals surface area (Å²) in [7, 11) is -1.85. The molecule has 0 saturated heterocycles. The van der Waals surface area contributed by atoms with Crippen LogP contribution in [0, 0.1) is 0 Å². The van der Waals surface area contributed by atoms with Gasteiger partial charge < -0.3 is 10.1 Å². The molecule has 124 valence electrons. The lowest BCUT2D eigenvalue weighted by atomic mass is 10.1. The highest BCUT2D eigenvalue weighted by Gasteiger charge is 2.24. The molecule has 0 spiro atoms. The van der Waals surface area contributed by atoms with Crippen LogP contribution in [0.1, 0.15) is 24.9 Å². The quantitative estimate of drug-likeness (QED) is 0.690. The Morgan fingerprint density at radius 3 is 2.50 bits per heavy atom. The number of ether oxygens (including phenoxy) is 1. The van der Waals surface area contributed by atoms with Gasteiger partial charge >= 0.3 is 0 Å². The molecule has 0 aliphatic heterocycles. The molecule has 1 unspecified atom stereocenters. The maximum Gasteiger partial charge on any atom is 0.221 e. The molecular formula is C15H24N2O4S. The van der Waals surface area contributed by atoms with Crippen molar-refractivity contribution < 1.29 is 17.9 Å². The fourth-order valence-corrected chi connectivity index (χ4v) is 3.26. The maximum absolute atomic E-state index is 12.0. The highest BCUT2D eigenvalue weighted by molar-refractivity contribution is 7.88. The van der Waals surface area contributed by atoms with E-state index in [0.717, 1.165) is 11.8 Å². The van der Waals surface area contributed by atoms with Crippen LogP contribution in [-0.4, -0.2) is 51.7 Å². The zero-order valence-corrected chi connectivity index (χ0v) is 14.1. The second-order valence-electron chi connectivity index (χ2n) is 5.05. The number of hydrogen-bond acceptors (Lipinski definition) is 4. The first-order valence-electron chi connectivity index (χ1n) is 7.13. The second-order valence-corrected chi connectivity index (χ2v) is 6.99. The molecule has 6 nitrogen and oxygen atoms in total. The summed E-state index contributed by atoms with van der Waals surface area (Å²) in [6, 6.07) is 9.05. The Balaban J connectivity index is 2.69. The van der Waals surface area contributed by atoms with Crippen molar-refractivity contribution in [3.8, 4) is 0 Å². The predicted octanol–water partition coefficient (Wildman–Crippen LogP) is 1.16. The van der Waals surface area contributed by atoms with Crippen LogP contribution in [0.3, 0.4) is 0 Å². The molecule has 1 aromatic carbocycles. The van der Waals surface area contributed by atoms with E-state index in [0.29, 0.717) is 13.2 Å². The third-order valence-corrected chi connectivity index (χ3v) is 4.68. The minimum Gasteiger partial charge on any atom is -0.383 e. The van der Waals surface area contributed by atoms with Gasteiger partial charge in [-0.1, -0.05) is 30.3 Å². The molecule has 0 radical (unpaired) electrons. The van der Waals surface area contributed by atoms with Gasteiger partial charge in [-0.25, -0.2) is 8.42 Å². The number of nitrogens with zero attached hydrogens (tertiary/aromatic N) is 1. The SMILES string of the molecule is COCCNC(=O)CCN(C(C)c1ccccc1)S(C)(=O)=O. The van der Waals surface area contributed by atoms with Gasteiger partial charge in [-0.2, -0.15) is 4.31 Å². The van der Waals surface area contributed by atoms with Crippen molar-refractivity contribution in [3.63, 3.8) is 0 Å². The van der Waals surface area contributed by atoms with E-state index < -0.39 is 10.0 Å². The van der Waals surface area contributed by atoms with Crippen molar-refractivity contribution in [2.24, 2.45) is 0 Å². The highest BCUT2D eigenvalue weighted by atomic mass is 32.2. The molecule has 0 aromatic heterocycles. The molecule has 0 saturated carbocycles. The Labute approximate surface area is 132 Å². The van der Waals surface area contributed by atoms with Crippen LogP contribution in [0.25, 0.3) is 0 Å². The zero-order chi connectivity index (χ0) is 16.6. The standard InChI is InChI=1S/C15H24N2O4S/c1-13(14-7-5-4-6-8-14)17(22(3,19)20)11-9-15(18)16-10-12-21-2/h4-8,13H,9-12H2,1-3H3,(H,16,18). The van der Waals surface area contributed by atoms with Gasteiger partial charge in [-0.05, 0) is 12.5 Å². The van der Waals surface area contributed by atoms with E-state index in [1.165, 1.54) is 4.31 Å². The van der Waals surface area contributed by atoms with Crippen LogP contribution in [0.4, 0.5) is 0 Å². The molecule has 0 aliphatic carbocycles. The van der Waals surface area contributed by atoms with Crippen molar-refractivity contribution >= 4 is 15.9 Å². The molecule has 1 N–H and O–H groups in total. The lowest BCUT2D eigenvalue weighted by Crippen LogP contribution is -2.37. The second kappa shape index (κ2) is 8.87. The lowest BCUT2D eigenvalue weighted by molar-refractivity contribution is -0.121. The van der Waals surface area contributed by atoms with E-state index in [-0.39, 0.29) is 24.9 Å². The van der Waals surface area contributed by atoms with Gasteiger partial charge in [0.05, 0.1) is 12.9 Å². The fourth-order valence-electron chi connectivity index (χ4n) is 2.14. The number of nitrogens with one attached hydrogen (secondary N) is 1. The molecule has 22 heavy (non-hydrogen) atoms. The average Bonchev–Trinajstić information content (AvgIpc) is 2.47. The Kier molecular flexibility index (Phi) is 7.50. The molecule has 0 heterocycles. The molecule has 7 heteroatoms. The summed E-state index contributed by atoms with van der Waals surface area (Å²) in [5, 5.41) is 2.68. The molecule has 1 rings (SSSR count). The number of benzene rings is 1. The first-order valence-corrected chi connectivity index (χ1v) is 8.98. The Morgan fingerprint density at radius 1 is 1.32 bits per heavy atom. The van der Waals surface area contributed by atoms with Crippen LogP contribution in [0.2, 0.25) is 0 Å². The smallest absolute Gasteiger partial charge is 0.221 e. The van der Waals surface area contributed by atoms with Gasteiger partial charge in [-0.3, -0.25) is 4.79 Å². The summed E-state index contributed by atoms with van der Waals surface area (Å²) < 4.78 is 30.2. The Hall–Kier alpha value is -1.44. The topological polar surface area (TPSA) is 75.7 Å². The van der Waals surface area contributed by atoms with Crippen LogP contribution < -0.4 is 5.32 Å². The molecule has 1 atom stereocenters. The number of amides is 1. The minimum atomic E-state index is -3.40. The zero-order valence-electron chi connectivity index (χ0n) is 13.3. The van der Waals surface area contributed by atoms with E-state index in [1.807, 2.05) is 37.3 Å². The molecule has 1 aromatic rings. The normalized spacial score (nSPS) is 13.1. The van der Waals surface area contributed by atoms with Crippen LogP contribution in [0.15, 0.2) is 30.3 Å². The first kappa shape index (κ1) is 18.6. The van der Waals surface area contributed by atoms with E-state index >= 15 is 0 Å². The van der Waals surface area contributed by atoms with E-state index in [2.05, 4.69) is 5.32 Å². The van der Waals surface area contributed by atoms with Crippen molar-refractivity contribution in [2.45, 2.75) is 19.4 Å². The molecule has 0 aliphatic rings. The molecule has 0 bridgehead atoms. The molecular weight excluding hydrogens is 304 g/mol. The third kappa shape index (κ3) is 6.13. The van der Waals surface area contributed by atoms with E-state index in [1.54, 1.807) is 7.11 Å². The van der Waals surface area contributed by atoms with E-state index in [4.69, 9.17) is 4.74 Å². The number of rotatable bonds is 9. The van der Waals surface area contributed by atoms with Gasteiger partial charge in [0.1, 0.15) is 0 Å². The highest BCUT2D eigenvalue weighted by Crippen LogP contribution is 2.22. The van der Waals surface area contributed by atoms with Crippen molar-refractivity contribution in [2.75, 3.05) is 33.1 Å². The summed E-state index contributed by atoms with van der Waals surface area (Å²) in [5.74, 6) is -0.189. The minimum absolute atomic E-state index is 0.119. The van der Waals surface area contributed by atoms with Gasteiger partial charge in [-0.15, -0.1) is 0 Å². The summed E-state index contributed by atoms with van der Waals surface area (Å²) in [6.45, 7) is 2.82. The number of methoxy groups -OCH3 is 1. The number of carbonyl (C=O) groups excluding carboxylic acids is 1. The van der Waals surface area contributed by atoms with Crippen molar-refractivity contribution in [1.82, 2.24) is 9.62 Å². The van der Waals surface area contributed by atoms with Gasteiger partial charge in [0.25, 0.3) is 0 Å². The molecule has 0 fully saturated rings. The van der Waals surface area contributed by atoms with Crippen LogP contribution in [0.5, 0.6) is 0 Å². The summed E-state index contributed by atoms with van der Waals surface area (Å²) in [5.41, 5.74) is 0.896. The monoisotopic (exact) mass is 328 g/mol. The number of carbonyl (C=O) groups is 1. The van der Waals surface area contributed by atoms with Gasteiger partial charge in [0.15, 0.2) is 0 Å². The first-order chi connectivity index (χ1) is 10.4. The van der Waals surface area contributed by atoms with E-state index in [9.17, 15) is 13.2 Å². The van der Waals surface area contributed by atoms with Crippen LogP contribution in [-0.2, 0) is 19.6 Å². The van der Waals surface area contributed by atoms with Gasteiger partial charge in [0.2, 0.25) is 15.9 Å². The largest absolute Gasteiger partial charge is 0.383 e. The molecule has 1 amide bonds. The summed E-state index contributed by atoms with van der Waals surface area (Å²) in [6.07, 6.45) is 1.28. The average molecular weight is 328 g/mol. The predicted molar refractivity (Wildman–Crippen MR) is 85.9 cm³/mol. The number of hydrogen-bond donors (Lipinski definition) is 1. The lowest BCUT2D eigenvalue weighted by Gasteiger charge is -2.27. The summed E-state index contributed by atoms with van der Waals surface area (Å²) in [4.78, 5) is 11.7. The third-order valence-electron chi connectivity index (χ3n) is 3.33. The fraction of sp³-hybridized carbons (Fsp3) is 0.533.